The maximum atomic E-state index is 2.34. The highest BCUT2D eigenvalue weighted by atomic mass is 15.3. The Bertz CT molecular complexity index is 700. The normalized spacial score (nSPS) is 16.3. The topological polar surface area (TPSA) is 6.25 Å². The van der Waals surface area contributed by atoms with Crippen LogP contribution in [0.25, 0.3) is 11.4 Å². The third kappa shape index (κ3) is 1.43. The van der Waals surface area contributed by atoms with Crippen molar-refractivity contribution >= 4 is 17.1 Å². The molecule has 0 saturated heterocycles. The lowest BCUT2D eigenvalue weighted by atomic mass is 10.0. The molecule has 0 spiro atoms. The lowest BCUT2D eigenvalue weighted by Gasteiger charge is -2.23. The van der Waals surface area contributed by atoms with Crippen molar-refractivity contribution in [1.82, 2.24) is 4.90 Å². The van der Waals surface area contributed by atoms with Gasteiger partial charge in [-0.15, -0.1) is 0 Å². The Morgan fingerprint density at radius 3 is 2.26 bits per heavy atom. The minimum Gasteiger partial charge on any atom is -0.370 e. The summed E-state index contributed by atoms with van der Waals surface area (Å²) in [5, 5.41) is 0. The van der Waals surface area contributed by atoms with E-state index in [2.05, 4.69) is 72.4 Å². The van der Waals surface area contributed by atoms with E-state index >= 15 is 0 Å². The first-order valence-corrected chi connectivity index (χ1v) is 6.64. The molecule has 94 valence electrons. The smallest absolute Gasteiger partial charge is 0.0751 e. The molecule has 0 bridgehead atoms. The minimum absolute atomic E-state index is 0.956. The van der Waals surface area contributed by atoms with Crippen LogP contribution in [-0.4, -0.2) is 19.0 Å². The van der Waals surface area contributed by atoms with Crippen LogP contribution in [0.3, 0.4) is 0 Å². The second-order valence-electron chi connectivity index (χ2n) is 5.29. The number of rotatable bonds is 0. The minimum atomic E-state index is 0.956. The quantitative estimate of drug-likeness (QED) is 0.705. The summed E-state index contributed by atoms with van der Waals surface area (Å²) in [5.41, 5.74) is 8.19. The van der Waals surface area contributed by atoms with Crippen molar-refractivity contribution in [2.24, 2.45) is 0 Å². The highest BCUT2D eigenvalue weighted by molar-refractivity contribution is 6.07. The van der Waals surface area contributed by atoms with Crippen LogP contribution in [0.4, 0.5) is 5.69 Å². The van der Waals surface area contributed by atoms with Crippen molar-refractivity contribution in [2.75, 3.05) is 19.0 Å². The van der Waals surface area contributed by atoms with E-state index in [1.807, 2.05) is 0 Å². The van der Waals surface area contributed by atoms with Crippen LogP contribution < -0.4 is 4.90 Å². The average Bonchev–Trinajstić information content (AvgIpc) is 3.08. The van der Waals surface area contributed by atoms with E-state index in [4.69, 9.17) is 0 Å². The predicted molar refractivity (Wildman–Crippen MR) is 79.6 cm³/mol. The SMILES string of the molecule is CN1C2=C1c1ccccc1N(C)Cc1ccccc12. The van der Waals surface area contributed by atoms with Crippen LogP contribution in [0.15, 0.2) is 48.5 Å². The molecule has 2 aliphatic rings. The molecule has 0 amide bonds. The van der Waals surface area contributed by atoms with E-state index in [0.717, 1.165) is 6.54 Å². The van der Waals surface area contributed by atoms with Gasteiger partial charge in [0, 0.05) is 37.5 Å². The van der Waals surface area contributed by atoms with E-state index in [0.29, 0.717) is 0 Å². The van der Waals surface area contributed by atoms with Gasteiger partial charge in [0.1, 0.15) is 0 Å². The summed E-state index contributed by atoms with van der Waals surface area (Å²) in [6.07, 6.45) is 0. The Kier molecular flexibility index (Phi) is 2.05. The predicted octanol–water partition coefficient (Wildman–Crippen LogP) is 3.41. The second-order valence-corrected chi connectivity index (χ2v) is 5.29. The first-order chi connectivity index (χ1) is 9.27. The lowest BCUT2D eigenvalue weighted by Crippen LogP contribution is -2.18. The summed E-state index contributed by atoms with van der Waals surface area (Å²) < 4.78 is 0. The molecule has 2 heteroatoms. The van der Waals surface area contributed by atoms with Crippen LogP contribution >= 0.6 is 0 Å². The van der Waals surface area contributed by atoms with Gasteiger partial charge in [0.2, 0.25) is 0 Å². The third-order valence-electron chi connectivity index (χ3n) is 4.10. The van der Waals surface area contributed by atoms with Crippen LogP contribution in [0, 0.1) is 0 Å². The molecule has 0 aliphatic carbocycles. The first-order valence-electron chi connectivity index (χ1n) is 6.64. The summed E-state index contributed by atoms with van der Waals surface area (Å²) in [7, 11) is 4.33. The fourth-order valence-electron chi connectivity index (χ4n) is 3.10. The molecule has 2 aromatic carbocycles. The molecule has 2 heterocycles. The van der Waals surface area contributed by atoms with E-state index in [-0.39, 0.29) is 0 Å². The molecule has 0 atom stereocenters. The zero-order valence-electron chi connectivity index (χ0n) is 11.2. The van der Waals surface area contributed by atoms with Crippen LogP contribution in [-0.2, 0) is 6.54 Å². The molecule has 0 N–H and O–H groups in total. The van der Waals surface area contributed by atoms with E-state index in [1.54, 1.807) is 0 Å². The van der Waals surface area contributed by atoms with Crippen molar-refractivity contribution in [3.63, 3.8) is 0 Å². The van der Waals surface area contributed by atoms with Gasteiger partial charge in [-0.25, -0.2) is 0 Å². The molecule has 2 aromatic rings. The first kappa shape index (κ1) is 10.7. The number of hydrogen-bond acceptors (Lipinski definition) is 2. The highest BCUT2D eigenvalue weighted by Gasteiger charge is 2.36. The maximum absolute atomic E-state index is 2.34. The molecule has 0 radical (unpaired) electrons. The Balaban J connectivity index is 2.00. The molecule has 0 saturated carbocycles. The van der Waals surface area contributed by atoms with E-state index in [1.165, 1.54) is 33.8 Å². The number of anilines is 1. The third-order valence-corrected chi connectivity index (χ3v) is 4.10. The van der Waals surface area contributed by atoms with Gasteiger partial charge in [-0.3, -0.25) is 0 Å². The Morgan fingerprint density at radius 2 is 1.42 bits per heavy atom. The number of fused-ring (bicyclic) bond motifs is 4. The summed E-state index contributed by atoms with van der Waals surface area (Å²) in [4.78, 5) is 4.64. The number of para-hydroxylation sites is 1. The largest absolute Gasteiger partial charge is 0.370 e. The van der Waals surface area contributed by atoms with Gasteiger partial charge in [-0.05, 0) is 11.6 Å². The monoisotopic (exact) mass is 248 g/mol. The lowest BCUT2D eigenvalue weighted by molar-refractivity contribution is 0.795. The average molecular weight is 248 g/mol. The summed E-state index contributed by atoms with van der Waals surface area (Å²) in [5.74, 6) is 0. The van der Waals surface area contributed by atoms with Crippen molar-refractivity contribution in [2.45, 2.75) is 6.54 Å². The molecular formula is C17H16N2. The molecule has 19 heavy (non-hydrogen) atoms. The van der Waals surface area contributed by atoms with Crippen molar-refractivity contribution in [1.29, 1.82) is 0 Å². The number of nitrogens with zero attached hydrogens (tertiary/aromatic N) is 2. The second kappa shape index (κ2) is 3.64. The molecule has 2 aliphatic heterocycles. The molecule has 0 unspecified atom stereocenters. The maximum Gasteiger partial charge on any atom is 0.0751 e. The van der Waals surface area contributed by atoms with Gasteiger partial charge < -0.3 is 9.80 Å². The van der Waals surface area contributed by atoms with Crippen molar-refractivity contribution in [3.8, 4) is 0 Å². The van der Waals surface area contributed by atoms with Gasteiger partial charge in [-0.1, -0.05) is 42.5 Å². The summed E-state index contributed by atoms with van der Waals surface area (Å²) >= 11 is 0. The standard InChI is InChI=1S/C17H16N2/c1-18-11-12-7-3-4-8-13(12)16-17(19(16)2)14-9-5-6-10-15(14)18/h3-10H,11H2,1-2H3. The summed E-state index contributed by atoms with van der Waals surface area (Å²) in [6.45, 7) is 0.956. The van der Waals surface area contributed by atoms with E-state index in [9.17, 15) is 0 Å². The Hall–Kier alpha value is -2.22. The molecule has 0 aromatic heterocycles. The molecule has 2 nitrogen and oxygen atoms in total. The fourth-order valence-corrected chi connectivity index (χ4v) is 3.10. The summed E-state index contributed by atoms with van der Waals surface area (Å²) in [6, 6.07) is 17.4. The van der Waals surface area contributed by atoms with Gasteiger partial charge in [0.25, 0.3) is 0 Å². The Labute approximate surface area is 113 Å². The molecular weight excluding hydrogens is 232 g/mol. The fraction of sp³-hybridized carbons (Fsp3) is 0.176. The molecule has 0 fully saturated rings. The number of hydrogen-bond donors (Lipinski definition) is 0. The van der Waals surface area contributed by atoms with Crippen molar-refractivity contribution < 1.29 is 0 Å². The van der Waals surface area contributed by atoms with Crippen LogP contribution in [0.5, 0.6) is 0 Å². The van der Waals surface area contributed by atoms with Gasteiger partial charge in [0.05, 0.1) is 11.4 Å². The van der Waals surface area contributed by atoms with Gasteiger partial charge in [0.15, 0.2) is 0 Å². The van der Waals surface area contributed by atoms with Gasteiger partial charge >= 0.3 is 0 Å². The van der Waals surface area contributed by atoms with Crippen molar-refractivity contribution in [3.05, 3.63) is 65.2 Å². The molecule has 4 rings (SSSR count). The zero-order chi connectivity index (χ0) is 13.0. The van der Waals surface area contributed by atoms with Gasteiger partial charge in [-0.2, -0.15) is 0 Å². The van der Waals surface area contributed by atoms with Crippen LogP contribution in [0.2, 0.25) is 0 Å². The van der Waals surface area contributed by atoms with E-state index < -0.39 is 0 Å². The Morgan fingerprint density at radius 1 is 0.789 bits per heavy atom. The zero-order valence-corrected chi connectivity index (χ0v) is 11.2. The van der Waals surface area contributed by atoms with Crippen LogP contribution in [0.1, 0.15) is 16.7 Å². The number of benzene rings is 2. The highest BCUT2D eigenvalue weighted by Crippen LogP contribution is 2.50.